The molecule has 7 heavy (non-hydrogen) atoms. The molecular formula is H3O7+. The second kappa shape index (κ2) is 3.89. The monoisotopic (exact) mass is 115 g/mol. The molecule has 0 aliphatic rings. The van der Waals surface area contributed by atoms with Gasteiger partial charge >= 0.3 is 0 Å². The van der Waals surface area contributed by atoms with E-state index in [1.165, 1.54) is 0 Å². The lowest BCUT2D eigenvalue weighted by Crippen LogP contribution is -2.05. The molecule has 0 heterocycles. The summed E-state index contributed by atoms with van der Waals surface area (Å²) in [5, 5.41) is 31.0. The highest BCUT2D eigenvalue weighted by Crippen LogP contribution is 1.83. The standard InChI is InChI=1S/H2O7/c1-4-5-6-7(2)3/h2-3H/p+1. The Bertz CT molecular complexity index is 29.0. The second-order valence-electron chi connectivity index (χ2n) is 0.441. The lowest BCUT2D eigenvalue weighted by Gasteiger charge is -1.85. The molecule has 0 fully saturated rings. The minimum Gasteiger partial charge on any atom is -0.219 e. The van der Waals surface area contributed by atoms with Crippen molar-refractivity contribution < 1.29 is 35.7 Å². The number of hydrogen-bond acceptors (Lipinski definition) is 6. The van der Waals surface area contributed by atoms with E-state index in [4.69, 9.17) is 15.8 Å². The Morgan fingerprint density at radius 2 is 1.86 bits per heavy atom. The molecule has 0 saturated carbocycles. The van der Waals surface area contributed by atoms with Gasteiger partial charge in [-0.05, 0) is 15.6 Å². The summed E-state index contributed by atoms with van der Waals surface area (Å²) in [5.74, 6) is 0. The van der Waals surface area contributed by atoms with E-state index in [-0.39, 0.29) is 4.82 Å². The van der Waals surface area contributed by atoms with Crippen LogP contribution in [0.1, 0.15) is 0 Å². The lowest BCUT2D eigenvalue weighted by molar-refractivity contribution is -0.902. The van der Waals surface area contributed by atoms with E-state index in [1.54, 1.807) is 0 Å². The van der Waals surface area contributed by atoms with Gasteiger partial charge in [0.05, 0.1) is 0 Å². The van der Waals surface area contributed by atoms with Crippen LogP contribution in [-0.2, 0) is 19.9 Å². The second-order valence-corrected chi connectivity index (χ2v) is 0.441. The molecule has 0 rings (SSSR count). The van der Waals surface area contributed by atoms with Crippen LogP contribution in [0.25, 0.3) is 0 Å². The minimum absolute atomic E-state index is 0.141. The Balaban J connectivity index is 2.68. The van der Waals surface area contributed by atoms with Gasteiger partial charge < -0.3 is 0 Å². The van der Waals surface area contributed by atoms with E-state index in [9.17, 15) is 0 Å². The first-order valence-corrected chi connectivity index (χ1v) is 1.05. The van der Waals surface area contributed by atoms with Crippen LogP contribution in [0.4, 0.5) is 0 Å². The van der Waals surface area contributed by atoms with E-state index >= 15 is 0 Å². The molecule has 0 aliphatic carbocycles. The maximum atomic E-state index is 7.45. The Kier molecular flexibility index (Phi) is 3.74. The first-order chi connectivity index (χ1) is 3.27. The zero-order valence-electron chi connectivity index (χ0n) is 2.97. The van der Waals surface area contributed by atoms with Crippen molar-refractivity contribution in [3.63, 3.8) is 0 Å². The van der Waals surface area contributed by atoms with Crippen molar-refractivity contribution in [1.82, 2.24) is 0 Å². The molecule has 0 radical (unpaired) electrons. The van der Waals surface area contributed by atoms with E-state index in [2.05, 4.69) is 15.1 Å². The van der Waals surface area contributed by atoms with Crippen molar-refractivity contribution >= 4 is 0 Å². The highest BCUT2D eigenvalue weighted by Gasteiger charge is 2.04. The summed E-state index contributed by atoms with van der Waals surface area (Å²) in [5.41, 5.74) is 0. The molecule has 0 aromatic carbocycles. The Morgan fingerprint density at radius 1 is 1.29 bits per heavy atom. The summed E-state index contributed by atoms with van der Waals surface area (Å²) in [6.07, 6.45) is 0. The summed E-state index contributed by atoms with van der Waals surface area (Å²) in [7, 11) is 0. The number of rotatable bonds is 3. The van der Waals surface area contributed by atoms with E-state index in [1.807, 2.05) is 0 Å². The molecule has 0 amide bonds. The molecule has 44 valence electrons. The van der Waals surface area contributed by atoms with Gasteiger partial charge in [-0.15, -0.1) is 0 Å². The third-order valence-electron chi connectivity index (χ3n) is 0.119. The van der Waals surface area contributed by atoms with Gasteiger partial charge in [0, 0.05) is 5.04 Å². The maximum absolute atomic E-state index is 7.45. The largest absolute Gasteiger partial charge is 0.219 e. The zero-order valence-corrected chi connectivity index (χ0v) is 2.97. The van der Waals surface area contributed by atoms with Crippen LogP contribution >= 0.6 is 0 Å². The Labute approximate surface area is 37.1 Å². The van der Waals surface area contributed by atoms with Gasteiger partial charge in [0.25, 0.3) is 0 Å². The van der Waals surface area contributed by atoms with Gasteiger partial charge in [-0.2, -0.15) is 0 Å². The van der Waals surface area contributed by atoms with Crippen molar-refractivity contribution in [1.29, 1.82) is 0 Å². The summed E-state index contributed by atoms with van der Waals surface area (Å²) in [4.78, 5) is -0.141. The van der Waals surface area contributed by atoms with Crippen molar-refractivity contribution in [2.75, 3.05) is 0 Å². The molecule has 0 spiro atoms. The first kappa shape index (κ1) is 6.72. The highest BCUT2D eigenvalue weighted by atomic mass is 17.9. The molecule has 7 nitrogen and oxygen atoms in total. The quantitative estimate of drug-likeness (QED) is 0.267. The Morgan fingerprint density at radius 3 is 2.00 bits per heavy atom. The van der Waals surface area contributed by atoms with E-state index in [0.29, 0.717) is 0 Å². The van der Waals surface area contributed by atoms with Crippen LogP contribution in [0.15, 0.2) is 0 Å². The molecule has 0 aliphatic heterocycles. The summed E-state index contributed by atoms with van der Waals surface area (Å²) < 4.78 is 0. The van der Waals surface area contributed by atoms with Crippen LogP contribution < -0.4 is 0 Å². The van der Waals surface area contributed by atoms with Gasteiger partial charge in [-0.25, -0.2) is 5.26 Å². The van der Waals surface area contributed by atoms with E-state index < -0.39 is 0 Å². The lowest BCUT2D eigenvalue weighted by atomic mass is 14.1. The van der Waals surface area contributed by atoms with Gasteiger partial charge in [-0.3, -0.25) is 0 Å². The fraction of sp³-hybridized carbons (Fsp3) is 0. The highest BCUT2D eigenvalue weighted by molar-refractivity contribution is 2.98. The maximum Gasteiger partial charge on any atom is 0.198 e. The average molecular weight is 115 g/mol. The van der Waals surface area contributed by atoms with Crippen LogP contribution in [0.5, 0.6) is 0 Å². The molecule has 0 aromatic rings. The zero-order chi connectivity index (χ0) is 5.70. The molecule has 0 bridgehead atoms. The Hall–Kier alpha value is -0.280. The van der Waals surface area contributed by atoms with Crippen LogP contribution in [-0.4, -0.2) is 15.8 Å². The topological polar surface area (TPSA) is 91.1 Å². The third-order valence-corrected chi connectivity index (χ3v) is 0.119. The van der Waals surface area contributed by atoms with Gasteiger partial charge in [-0.1, -0.05) is 0 Å². The summed E-state index contributed by atoms with van der Waals surface area (Å²) >= 11 is 0. The van der Waals surface area contributed by atoms with E-state index in [0.717, 1.165) is 0 Å². The van der Waals surface area contributed by atoms with Crippen molar-refractivity contribution in [2.24, 2.45) is 0 Å². The molecular weight excluding hydrogens is 112 g/mol. The number of hydrogen-bond donors (Lipinski definition) is 3. The van der Waals surface area contributed by atoms with Crippen molar-refractivity contribution in [2.45, 2.75) is 0 Å². The predicted molar refractivity (Wildman–Crippen MR) is 12.2 cm³/mol. The van der Waals surface area contributed by atoms with Crippen molar-refractivity contribution in [3.8, 4) is 0 Å². The first-order valence-electron chi connectivity index (χ1n) is 1.05. The SMILES string of the molecule is OOOO[O+](O)O. The van der Waals surface area contributed by atoms with Gasteiger partial charge in [0.15, 0.2) is 9.86 Å². The van der Waals surface area contributed by atoms with Gasteiger partial charge in [0.1, 0.15) is 0 Å². The van der Waals surface area contributed by atoms with Crippen LogP contribution in [0.3, 0.4) is 0 Å². The normalized spacial score (nSPS) is 10.3. The molecule has 0 unspecified atom stereocenters. The average Bonchev–Trinajstić information content (AvgIpc) is 1.61. The molecule has 0 saturated heterocycles. The van der Waals surface area contributed by atoms with Gasteiger partial charge in [0.2, 0.25) is 0 Å². The summed E-state index contributed by atoms with van der Waals surface area (Å²) in [6.45, 7) is 0. The molecule has 3 N–H and O–H groups in total. The molecule has 7 heteroatoms. The minimum atomic E-state index is -0.141. The smallest absolute Gasteiger partial charge is 0.198 e. The van der Waals surface area contributed by atoms with Crippen LogP contribution in [0, 0.1) is 0 Å². The molecule has 0 atom stereocenters. The fourth-order valence-corrected chi connectivity index (χ4v) is 0.0373. The van der Waals surface area contributed by atoms with Crippen molar-refractivity contribution in [3.05, 3.63) is 0 Å². The third kappa shape index (κ3) is 5.72. The molecule has 0 aromatic heterocycles. The fourth-order valence-electron chi connectivity index (χ4n) is 0.0373. The van der Waals surface area contributed by atoms with Crippen LogP contribution in [0.2, 0.25) is 0 Å². The summed E-state index contributed by atoms with van der Waals surface area (Å²) in [6, 6.07) is 0. The predicted octanol–water partition coefficient (Wildman–Crippen LogP) is -0.248.